The molecular formula is C13H16N2OS. The zero-order valence-corrected chi connectivity index (χ0v) is 10.6. The van der Waals surface area contributed by atoms with Gasteiger partial charge in [0.2, 0.25) is 0 Å². The number of benzene rings is 1. The Morgan fingerprint density at radius 3 is 2.53 bits per heavy atom. The monoisotopic (exact) mass is 248 g/mol. The van der Waals surface area contributed by atoms with Crippen LogP contribution in [0, 0.1) is 0 Å². The van der Waals surface area contributed by atoms with E-state index in [1.54, 1.807) is 6.20 Å². The number of rotatable bonds is 3. The molecule has 1 aromatic rings. The maximum absolute atomic E-state index is 5.33. The van der Waals surface area contributed by atoms with Gasteiger partial charge >= 0.3 is 0 Å². The summed E-state index contributed by atoms with van der Waals surface area (Å²) >= 11 is 4.35. The first-order valence-corrected chi connectivity index (χ1v) is 6.04. The van der Waals surface area contributed by atoms with Crippen molar-refractivity contribution in [2.24, 2.45) is 4.99 Å². The quantitative estimate of drug-likeness (QED) is 0.656. The van der Waals surface area contributed by atoms with E-state index in [4.69, 9.17) is 4.74 Å². The molecule has 1 aliphatic rings. The molecule has 17 heavy (non-hydrogen) atoms. The van der Waals surface area contributed by atoms with Crippen LogP contribution in [0.2, 0.25) is 0 Å². The van der Waals surface area contributed by atoms with Gasteiger partial charge in [-0.3, -0.25) is 4.99 Å². The van der Waals surface area contributed by atoms with E-state index in [1.165, 1.54) is 5.69 Å². The Morgan fingerprint density at radius 1 is 1.29 bits per heavy atom. The third-order valence-corrected chi connectivity index (χ3v) is 3.13. The van der Waals surface area contributed by atoms with Crippen LogP contribution in [-0.2, 0) is 4.74 Å². The second-order valence-electron chi connectivity index (χ2n) is 3.84. The van der Waals surface area contributed by atoms with Gasteiger partial charge in [-0.15, -0.1) is 12.6 Å². The maximum Gasteiger partial charge on any atom is 0.0642 e. The normalized spacial score (nSPS) is 17.0. The summed E-state index contributed by atoms with van der Waals surface area (Å²) in [6.45, 7) is 6.94. The maximum atomic E-state index is 5.33. The molecule has 3 nitrogen and oxygen atoms in total. The Kier molecular flexibility index (Phi) is 4.23. The van der Waals surface area contributed by atoms with E-state index in [2.05, 4.69) is 53.5 Å². The van der Waals surface area contributed by atoms with Crippen molar-refractivity contribution in [3.63, 3.8) is 0 Å². The van der Waals surface area contributed by atoms with Gasteiger partial charge in [0, 0.05) is 29.9 Å². The molecule has 0 N–H and O–H groups in total. The van der Waals surface area contributed by atoms with Crippen molar-refractivity contribution in [3.8, 4) is 0 Å². The Balaban J connectivity index is 2.12. The molecule has 0 spiro atoms. The first kappa shape index (κ1) is 12.2. The fourth-order valence-corrected chi connectivity index (χ4v) is 2.06. The molecule has 1 heterocycles. The highest BCUT2D eigenvalue weighted by Gasteiger charge is 2.10. The lowest BCUT2D eigenvalue weighted by Crippen LogP contribution is -2.36. The standard InChI is InChI=1S/C13H16N2OS/c1-14-10-13(17)11-2-4-12(5-3-11)15-6-8-16-9-7-15/h2-5,10,17H,1,6-9H2/b13-10-. The average Bonchev–Trinajstić information content (AvgIpc) is 2.40. The molecule has 1 fully saturated rings. The Bertz CT molecular complexity index is 408. The Labute approximate surface area is 107 Å². The number of aliphatic imine (C=N–C) groups is 1. The molecular weight excluding hydrogens is 232 g/mol. The van der Waals surface area contributed by atoms with Gasteiger partial charge < -0.3 is 9.64 Å². The van der Waals surface area contributed by atoms with Gasteiger partial charge in [-0.2, -0.15) is 0 Å². The van der Waals surface area contributed by atoms with Gasteiger partial charge in [0.25, 0.3) is 0 Å². The van der Waals surface area contributed by atoms with Gasteiger partial charge in [-0.25, -0.2) is 0 Å². The minimum absolute atomic E-state index is 0.805. The summed E-state index contributed by atoms with van der Waals surface area (Å²) in [5.41, 5.74) is 2.28. The van der Waals surface area contributed by atoms with E-state index in [0.717, 1.165) is 36.8 Å². The molecule has 1 aliphatic heterocycles. The molecule has 0 radical (unpaired) electrons. The number of hydrogen-bond donors (Lipinski definition) is 1. The third-order valence-electron chi connectivity index (χ3n) is 2.75. The van der Waals surface area contributed by atoms with E-state index in [1.807, 2.05) is 0 Å². The molecule has 1 aromatic carbocycles. The zero-order valence-electron chi connectivity index (χ0n) is 9.67. The third kappa shape index (κ3) is 3.11. The van der Waals surface area contributed by atoms with Crippen molar-refractivity contribution in [1.82, 2.24) is 0 Å². The van der Waals surface area contributed by atoms with Crippen molar-refractivity contribution >= 4 is 29.9 Å². The minimum Gasteiger partial charge on any atom is -0.378 e. The van der Waals surface area contributed by atoms with Crippen LogP contribution in [0.15, 0.2) is 35.5 Å². The predicted molar refractivity (Wildman–Crippen MR) is 76.0 cm³/mol. The number of ether oxygens (including phenoxy) is 1. The predicted octanol–water partition coefficient (Wildman–Crippen LogP) is 2.45. The highest BCUT2D eigenvalue weighted by Crippen LogP contribution is 2.22. The summed E-state index contributed by atoms with van der Waals surface area (Å²) in [5, 5.41) is 0. The number of anilines is 1. The summed E-state index contributed by atoms with van der Waals surface area (Å²) in [6.07, 6.45) is 1.65. The molecule has 4 heteroatoms. The van der Waals surface area contributed by atoms with E-state index in [0.29, 0.717) is 0 Å². The summed E-state index contributed by atoms with van der Waals surface area (Å²) in [6, 6.07) is 8.31. The summed E-state index contributed by atoms with van der Waals surface area (Å²) in [7, 11) is 0. The Morgan fingerprint density at radius 2 is 1.94 bits per heavy atom. The molecule has 1 saturated heterocycles. The van der Waals surface area contributed by atoms with Crippen LogP contribution < -0.4 is 4.90 Å². The van der Waals surface area contributed by atoms with E-state index in [9.17, 15) is 0 Å². The molecule has 0 bridgehead atoms. The highest BCUT2D eigenvalue weighted by atomic mass is 32.1. The van der Waals surface area contributed by atoms with E-state index in [-0.39, 0.29) is 0 Å². The number of morpholine rings is 1. The average molecular weight is 248 g/mol. The number of nitrogens with zero attached hydrogens (tertiary/aromatic N) is 2. The largest absolute Gasteiger partial charge is 0.378 e. The molecule has 0 aromatic heterocycles. The summed E-state index contributed by atoms with van der Waals surface area (Å²) in [5.74, 6) is 0. The molecule has 0 amide bonds. The SMILES string of the molecule is C=N/C=C(\S)c1ccc(N2CCOCC2)cc1. The van der Waals surface area contributed by atoms with E-state index >= 15 is 0 Å². The van der Waals surface area contributed by atoms with Gasteiger partial charge in [-0.05, 0) is 24.4 Å². The lowest BCUT2D eigenvalue weighted by Gasteiger charge is -2.28. The molecule has 0 unspecified atom stereocenters. The van der Waals surface area contributed by atoms with Crippen LogP contribution in [0.5, 0.6) is 0 Å². The van der Waals surface area contributed by atoms with Crippen molar-refractivity contribution in [1.29, 1.82) is 0 Å². The number of hydrogen-bond acceptors (Lipinski definition) is 4. The van der Waals surface area contributed by atoms with Gasteiger partial charge in [0.15, 0.2) is 0 Å². The zero-order chi connectivity index (χ0) is 12.1. The fourth-order valence-electron chi connectivity index (χ4n) is 1.83. The Hall–Kier alpha value is -1.26. The lowest BCUT2D eigenvalue weighted by molar-refractivity contribution is 0.122. The second-order valence-corrected chi connectivity index (χ2v) is 4.33. The molecule has 90 valence electrons. The van der Waals surface area contributed by atoms with Crippen LogP contribution in [0.3, 0.4) is 0 Å². The highest BCUT2D eigenvalue weighted by molar-refractivity contribution is 7.90. The number of thiol groups is 1. The van der Waals surface area contributed by atoms with Gasteiger partial charge in [0.1, 0.15) is 0 Å². The van der Waals surface area contributed by atoms with Crippen molar-refractivity contribution in [2.45, 2.75) is 0 Å². The summed E-state index contributed by atoms with van der Waals surface area (Å²) in [4.78, 5) is 6.86. The fraction of sp³-hybridized carbons (Fsp3) is 0.308. The van der Waals surface area contributed by atoms with E-state index < -0.39 is 0 Å². The molecule has 0 atom stereocenters. The lowest BCUT2D eigenvalue weighted by atomic mass is 10.2. The van der Waals surface area contributed by atoms with Crippen LogP contribution in [-0.4, -0.2) is 33.0 Å². The van der Waals surface area contributed by atoms with Gasteiger partial charge in [0.05, 0.1) is 13.2 Å². The first-order chi connectivity index (χ1) is 8.31. The van der Waals surface area contributed by atoms with Crippen LogP contribution in [0.1, 0.15) is 5.56 Å². The van der Waals surface area contributed by atoms with Gasteiger partial charge in [-0.1, -0.05) is 12.1 Å². The molecule has 2 rings (SSSR count). The van der Waals surface area contributed by atoms with Crippen LogP contribution >= 0.6 is 12.6 Å². The van der Waals surface area contributed by atoms with Crippen LogP contribution in [0.25, 0.3) is 4.91 Å². The van der Waals surface area contributed by atoms with Crippen molar-refractivity contribution in [3.05, 3.63) is 36.0 Å². The van der Waals surface area contributed by atoms with Crippen molar-refractivity contribution in [2.75, 3.05) is 31.2 Å². The molecule has 0 aliphatic carbocycles. The topological polar surface area (TPSA) is 24.8 Å². The molecule has 0 saturated carbocycles. The first-order valence-electron chi connectivity index (χ1n) is 5.59. The minimum atomic E-state index is 0.805. The smallest absolute Gasteiger partial charge is 0.0642 e. The van der Waals surface area contributed by atoms with Crippen LogP contribution in [0.4, 0.5) is 5.69 Å². The van der Waals surface area contributed by atoms with Crippen molar-refractivity contribution < 1.29 is 4.74 Å². The summed E-state index contributed by atoms with van der Waals surface area (Å²) < 4.78 is 5.33. The second kappa shape index (κ2) is 5.89.